The van der Waals surface area contributed by atoms with Crippen LogP contribution in [-0.2, 0) is 0 Å². The van der Waals surface area contributed by atoms with Gasteiger partial charge in [-0.25, -0.2) is 4.98 Å². The molecule has 1 aliphatic heterocycles. The molecule has 1 aromatic heterocycles. The number of likely N-dealkylation sites (tertiary alicyclic amines) is 1. The zero-order valence-electron chi connectivity index (χ0n) is 14.8. The molecule has 1 atom stereocenters. The molecule has 1 unspecified atom stereocenters. The molecule has 0 bridgehead atoms. The second-order valence-corrected chi connectivity index (χ2v) is 6.31. The normalized spacial score (nSPS) is 17.7. The van der Waals surface area contributed by atoms with Gasteiger partial charge in [0.05, 0.1) is 19.8 Å². The molecule has 5 heteroatoms. The van der Waals surface area contributed by atoms with E-state index in [0.717, 1.165) is 38.1 Å². The molecule has 0 radical (unpaired) electrons. The van der Waals surface area contributed by atoms with Crippen molar-refractivity contribution in [2.75, 3.05) is 27.3 Å². The lowest BCUT2D eigenvalue weighted by atomic mass is 9.94. The van der Waals surface area contributed by atoms with E-state index in [1.807, 2.05) is 17.0 Å². The van der Waals surface area contributed by atoms with E-state index in [1.54, 1.807) is 32.5 Å². The summed E-state index contributed by atoms with van der Waals surface area (Å²) in [6, 6.07) is 11.7. The predicted molar refractivity (Wildman–Crippen MR) is 96.3 cm³/mol. The van der Waals surface area contributed by atoms with Crippen molar-refractivity contribution in [3.63, 3.8) is 0 Å². The molecule has 2 heterocycles. The maximum atomic E-state index is 12.9. The Morgan fingerprint density at radius 2 is 1.88 bits per heavy atom. The van der Waals surface area contributed by atoms with Gasteiger partial charge in [0.15, 0.2) is 0 Å². The van der Waals surface area contributed by atoms with Gasteiger partial charge in [0.2, 0.25) is 5.88 Å². The minimum Gasteiger partial charge on any atom is -0.497 e. The number of hydrogen-bond acceptors (Lipinski definition) is 4. The third kappa shape index (κ3) is 4.10. The first-order valence-corrected chi connectivity index (χ1v) is 8.64. The highest BCUT2D eigenvalue weighted by Crippen LogP contribution is 2.28. The van der Waals surface area contributed by atoms with Gasteiger partial charge in [-0.3, -0.25) is 4.79 Å². The highest BCUT2D eigenvalue weighted by molar-refractivity contribution is 5.94. The largest absolute Gasteiger partial charge is 0.497 e. The number of rotatable bonds is 4. The zero-order valence-corrected chi connectivity index (χ0v) is 14.8. The van der Waals surface area contributed by atoms with Crippen LogP contribution in [0.3, 0.4) is 0 Å². The fraction of sp³-hybridized carbons (Fsp3) is 0.400. The summed E-state index contributed by atoms with van der Waals surface area (Å²) in [7, 11) is 3.24. The molecule has 1 aliphatic rings. The standard InChI is InChI=1S/C20H24N2O3/c1-24-18-9-6-15(7-10-18)17-5-3-4-12-22(14-17)20(23)16-8-11-19(25-2)21-13-16/h6-11,13,17H,3-5,12,14H2,1-2H3. The summed E-state index contributed by atoms with van der Waals surface area (Å²) in [6.07, 6.45) is 4.84. The zero-order chi connectivity index (χ0) is 17.6. The lowest BCUT2D eigenvalue weighted by molar-refractivity contribution is 0.0754. The van der Waals surface area contributed by atoms with E-state index in [-0.39, 0.29) is 5.91 Å². The highest BCUT2D eigenvalue weighted by atomic mass is 16.5. The SMILES string of the molecule is COc1ccc(C2CCCCN(C(=O)c3ccc(OC)nc3)C2)cc1. The molecule has 0 aliphatic carbocycles. The Labute approximate surface area is 148 Å². The minimum absolute atomic E-state index is 0.0376. The third-order valence-corrected chi connectivity index (χ3v) is 4.74. The van der Waals surface area contributed by atoms with Crippen LogP contribution >= 0.6 is 0 Å². The molecule has 0 spiro atoms. The number of amides is 1. The van der Waals surface area contributed by atoms with Gasteiger partial charge < -0.3 is 14.4 Å². The minimum atomic E-state index is 0.0376. The van der Waals surface area contributed by atoms with Crippen molar-refractivity contribution in [3.8, 4) is 11.6 Å². The number of aromatic nitrogens is 1. The van der Waals surface area contributed by atoms with Gasteiger partial charge in [-0.2, -0.15) is 0 Å². The fourth-order valence-electron chi connectivity index (χ4n) is 3.28. The number of hydrogen-bond donors (Lipinski definition) is 0. The van der Waals surface area contributed by atoms with Crippen LogP contribution in [0.25, 0.3) is 0 Å². The third-order valence-electron chi connectivity index (χ3n) is 4.74. The average molecular weight is 340 g/mol. The Bertz CT molecular complexity index is 698. The first kappa shape index (κ1) is 17.3. The van der Waals surface area contributed by atoms with Crippen molar-refractivity contribution < 1.29 is 14.3 Å². The monoisotopic (exact) mass is 340 g/mol. The lowest BCUT2D eigenvalue weighted by Crippen LogP contribution is -2.34. The van der Waals surface area contributed by atoms with Crippen molar-refractivity contribution >= 4 is 5.91 Å². The molecular formula is C20H24N2O3. The van der Waals surface area contributed by atoms with E-state index in [1.165, 1.54) is 5.56 Å². The lowest BCUT2D eigenvalue weighted by Gasteiger charge is -2.25. The molecule has 0 N–H and O–H groups in total. The molecule has 1 fully saturated rings. The highest BCUT2D eigenvalue weighted by Gasteiger charge is 2.24. The number of methoxy groups -OCH3 is 2. The van der Waals surface area contributed by atoms with E-state index < -0.39 is 0 Å². The van der Waals surface area contributed by atoms with E-state index in [2.05, 4.69) is 17.1 Å². The van der Waals surface area contributed by atoms with Crippen molar-refractivity contribution in [2.45, 2.75) is 25.2 Å². The molecule has 2 aromatic rings. The van der Waals surface area contributed by atoms with Crippen LogP contribution in [-0.4, -0.2) is 43.1 Å². The second kappa shape index (κ2) is 8.01. The van der Waals surface area contributed by atoms with Crippen LogP contribution in [0.2, 0.25) is 0 Å². The van der Waals surface area contributed by atoms with Gasteiger partial charge in [-0.1, -0.05) is 18.6 Å². The van der Waals surface area contributed by atoms with Gasteiger partial charge in [0.25, 0.3) is 5.91 Å². The summed E-state index contributed by atoms with van der Waals surface area (Å²) >= 11 is 0. The first-order valence-electron chi connectivity index (χ1n) is 8.64. The van der Waals surface area contributed by atoms with Gasteiger partial charge >= 0.3 is 0 Å². The van der Waals surface area contributed by atoms with Crippen LogP contribution in [0, 0.1) is 0 Å². The number of benzene rings is 1. The fourth-order valence-corrected chi connectivity index (χ4v) is 3.28. The average Bonchev–Trinajstić information content (AvgIpc) is 2.94. The van der Waals surface area contributed by atoms with E-state index in [4.69, 9.17) is 9.47 Å². The Hall–Kier alpha value is -2.56. The van der Waals surface area contributed by atoms with Crippen LogP contribution in [0.4, 0.5) is 0 Å². The van der Waals surface area contributed by atoms with Crippen LogP contribution < -0.4 is 9.47 Å². The van der Waals surface area contributed by atoms with E-state index >= 15 is 0 Å². The van der Waals surface area contributed by atoms with Crippen molar-refractivity contribution in [1.82, 2.24) is 9.88 Å². The Kier molecular flexibility index (Phi) is 5.53. The molecule has 25 heavy (non-hydrogen) atoms. The topological polar surface area (TPSA) is 51.7 Å². The molecule has 132 valence electrons. The second-order valence-electron chi connectivity index (χ2n) is 6.31. The summed E-state index contributed by atoms with van der Waals surface area (Å²) in [5.41, 5.74) is 1.87. The number of nitrogens with zero attached hydrogens (tertiary/aromatic N) is 2. The molecule has 1 aromatic carbocycles. The summed E-state index contributed by atoms with van der Waals surface area (Å²) in [6.45, 7) is 1.52. The maximum Gasteiger partial charge on any atom is 0.255 e. The van der Waals surface area contributed by atoms with Gasteiger partial charge in [0, 0.05) is 31.3 Å². The first-order chi connectivity index (χ1) is 12.2. The number of pyridine rings is 1. The van der Waals surface area contributed by atoms with Crippen LogP contribution in [0.1, 0.15) is 41.1 Å². The predicted octanol–water partition coefficient (Wildman–Crippen LogP) is 3.51. The molecule has 3 rings (SSSR count). The van der Waals surface area contributed by atoms with Crippen LogP contribution in [0.15, 0.2) is 42.6 Å². The molecule has 1 saturated heterocycles. The maximum absolute atomic E-state index is 12.9. The number of carbonyl (C=O) groups is 1. The molecule has 5 nitrogen and oxygen atoms in total. The summed E-state index contributed by atoms with van der Waals surface area (Å²) in [5.74, 6) is 1.76. The molecule has 1 amide bonds. The quantitative estimate of drug-likeness (QED) is 0.855. The molecule has 0 saturated carbocycles. The van der Waals surface area contributed by atoms with E-state index in [9.17, 15) is 4.79 Å². The number of ether oxygens (including phenoxy) is 2. The van der Waals surface area contributed by atoms with Gasteiger partial charge in [-0.15, -0.1) is 0 Å². The Balaban J connectivity index is 1.74. The summed E-state index contributed by atoms with van der Waals surface area (Å²) in [4.78, 5) is 19.0. The van der Waals surface area contributed by atoms with Gasteiger partial charge in [0.1, 0.15) is 5.75 Å². The van der Waals surface area contributed by atoms with Crippen LogP contribution in [0.5, 0.6) is 11.6 Å². The smallest absolute Gasteiger partial charge is 0.255 e. The van der Waals surface area contributed by atoms with E-state index in [0.29, 0.717) is 17.4 Å². The van der Waals surface area contributed by atoms with Crippen molar-refractivity contribution in [3.05, 3.63) is 53.7 Å². The number of carbonyl (C=O) groups excluding carboxylic acids is 1. The summed E-state index contributed by atoms with van der Waals surface area (Å²) < 4.78 is 10.3. The van der Waals surface area contributed by atoms with Crippen molar-refractivity contribution in [2.24, 2.45) is 0 Å². The van der Waals surface area contributed by atoms with Crippen molar-refractivity contribution in [1.29, 1.82) is 0 Å². The summed E-state index contributed by atoms with van der Waals surface area (Å²) in [5, 5.41) is 0. The molecular weight excluding hydrogens is 316 g/mol. The van der Waals surface area contributed by atoms with Gasteiger partial charge in [-0.05, 0) is 36.6 Å². The Morgan fingerprint density at radius 1 is 1.08 bits per heavy atom. The Morgan fingerprint density at radius 3 is 2.52 bits per heavy atom.